The molecule has 7 nitrogen and oxygen atoms in total. The molecule has 26 heavy (non-hydrogen) atoms. The molecule has 2 aromatic rings. The molecule has 136 valence electrons. The summed E-state index contributed by atoms with van der Waals surface area (Å²) in [6.45, 7) is 1.44. The number of para-hydroxylation sites is 1. The summed E-state index contributed by atoms with van der Waals surface area (Å²) < 4.78 is 3.76. The van der Waals surface area contributed by atoms with Crippen LogP contribution in [0.4, 0.5) is 5.69 Å². The molecule has 2 aliphatic heterocycles. The minimum absolute atomic E-state index is 0.0428. The van der Waals surface area contributed by atoms with Crippen LogP contribution in [0.15, 0.2) is 29.6 Å². The van der Waals surface area contributed by atoms with Crippen LogP contribution in [0.25, 0.3) is 0 Å². The molecule has 4 rings (SSSR count). The van der Waals surface area contributed by atoms with Gasteiger partial charge in [-0.25, -0.2) is 0 Å². The van der Waals surface area contributed by atoms with E-state index in [0.29, 0.717) is 31.7 Å². The summed E-state index contributed by atoms with van der Waals surface area (Å²) in [5.74, 6) is -0.0489. The highest BCUT2D eigenvalue weighted by Crippen LogP contribution is 2.46. The van der Waals surface area contributed by atoms with E-state index in [0.717, 1.165) is 24.1 Å². The van der Waals surface area contributed by atoms with E-state index < -0.39 is 0 Å². The van der Waals surface area contributed by atoms with E-state index in [1.165, 1.54) is 11.5 Å². The number of aliphatic hydroxyl groups is 1. The Morgan fingerprint density at radius 1 is 1.27 bits per heavy atom. The maximum Gasteiger partial charge on any atom is 0.275 e. The van der Waals surface area contributed by atoms with Crippen LogP contribution >= 0.6 is 11.5 Å². The van der Waals surface area contributed by atoms with Crippen LogP contribution in [0.1, 0.15) is 35.3 Å². The molecule has 0 bridgehead atoms. The molecule has 1 aromatic heterocycles. The molecule has 2 aliphatic rings. The first-order chi connectivity index (χ1) is 12.6. The second-order valence-electron chi connectivity index (χ2n) is 6.83. The van der Waals surface area contributed by atoms with Gasteiger partial charge < -0.3 is 14.9 Å². The fourth-order valence-electron chi connectivity index (χ4n) is 4.12. The third-order valence-electron chi connectivity index (χ3n) is 5.47. The highest BCUT2D eigenvalue weighted by atomic mass is 32.1. The zero-order valence-electron chi connectivity index (χ0n) is 14.3. The van der Waals surface area contributed by atoms with Gasteiger partial charge in [-0.2, -0.15) is 0 Å². The zero-order chi connectivity index (χ0) is 18.1. The van der Waals surface area contributed by atoms with Crippen LogP contribution in [0.2, 0.25) is 0 Å². The molecule has 0 saturated carbocycles. The smallest absolute Gasteiger partial charge is 0.275 e. The third-order valence-corrected chi connectivity index (χ3v) is 5.97. The fourth-order valence-corrected chi connectivity index (χ4v) is 4.55. The van der Waals surface area contributed by atoms with E-state index in [1.54, 1.807) is 15.2 Å². The average molecular weight is 372 g/mol. The highest BCUT2D eigenvalue weighted by Gasteiger charge is 2.45. The Balaban J connectivity index is 1.59. The monoisotopic (exact) mass is 372 g/mol. The molecular formula is C18H20N4O3S. The lowest BCUT2D eigenvalue weighted by Crippen LogP contribution is -2.51. The number of carbonyl (C=O) groups excluding carboxylic acids is 2. The van der Waals surface area contributed by atoms with Crippen molar-refractivity contribution in [1.29, 1.82) is 0 Å². The van der Waals surface area contributed by atoms with Crippen molar-refractivity contribution in [3.63, 3.8) is 0 Å². The molecular weight excluding hydrogens is 352 g/mol. The summed E-state index contributed by atoms with van der Waals surface area (Å²) in [6, 6.07) is 7.94. The van der Waals surface area contributed by atoms with Gasteiger partial charge >= 0.3 is 0 Å². The summed E-state index contributed by atoms with van der Waals surface area (Å²) in [5.41, 5.74) is 2.19. The van der Waals surface area contributed by atoms with Gasteiger partial charge in [-0.1, -0.05) is 22.7 Å². The van der Waals surface area contributed by atoms with E-state index in [-0.39, 0.29) is 23.8 Å². The summed E-state index contributed by atoms with van der Waals surface area (Å²) >= 11 is 1.17. The first-order valence-corrected chi connectivity index (χ1v) is 9.55. The standard InChI is InChI=1S/C18H20N4O3S/c23-10-9-22-15-4-2-1-3-13(15)18(11-16(22)24)5-7-21(8-6-18)17(25)14-12-26-20-19-14/h1-4,12,23H,5-11H2. The Bertz CT molecular complexity index is 816. The number of carbonyl (C=O) groups is 2. The Morgan fingerprint density at radius 3 is 2.73 bits per heavy atom. The zero-order valence-corrected chi connectivity index (χ0v) is 15.1. The first kappa shape index (κ1) is 17.1. The van der Waals surface area contributed by atoms with E-state index in [4.69, 9.17) is 0 Å². The van der Waals surface area contributed by atoms with E-state index in [2.05, 4.69) is 15.7 Å². The van der Waals surface area contributed by atoms with Crippen molar-refractivity contribution >= 4 is 29.0 Å². The van der Waals surface area contributed by atoms with Gasteiger partial charge in [0, 0.05) is 42.5 Å². The number of likely N-dealkylation sites (tertiary alicyclic amines) is 1. The number of amides is 2. The first-order valence-electron chi connectivity index (χ1n) is 8.72. The Morgan fingerprint density at radius 2 is 2.04 bits per heavy atom. The van der Waals surface area contributed by atoms with Crippen LogP contribution in [-0.2, 0) is 10.2 Å². The molecule has 1 fully saturated rings. The number of piperidine rings is 1. The van der Waals surface area contributed by atoms with Gasteiger partial charge in [-0.05, 0) is 36.0 Å². The quantitative estimate of drug-likeness (QED) is 0.881. The van der Waals surface area contributed by atoms with Gasteiger partial charge in [0.05, 0.1) is 6.61 Å². The number of hydrogen-bond donors (Lipinski definition) is 1. The molecule has 0 aliphatic carbocycles. The predicted octanol–water partition coefficient (Wildman–Crippen LogP) is 1.44. The number of hydrogen-bond acceptors (Lipinski definition) is 6. The molecule has 1 saturated heterocycles. The second-order valence-corrected chi connectivity index (χ2v) is 7.44. The predicted molar refractivity (Wildman–Crippen MR) is 97.2 cm³/mol. The highest BCUT2D eigenvalue weighted by molar-refractivity contribution is 7.03. The summed E-state index contributed by atoms with van der Waals surface area (Å²) in [7, 11) is 0. The van der Waals surface area contributed by atoms with Gasteiger partial charge in [-0.15, -0.1) is 5.10 Å². The SMILES string of the molecule is O=C(c1csnn1)N1CCC2(CC1)CC(=O)N(CCO)c1ccccc12. The lowest BCUT2D eigenvalue weighted by Gasteiger charge is -2.47. The minimum atomic E-state index is -0.239. The number of aromatic nitrogens is 2. The maximum absolute atomic E-state index is 12.7. The minimum Gasteiger partial charge on any atom is -0.395 e. The van der Waals surface area contributed by atoms with Gasteiger partial charge in [0.15, 0.2) is 5.69 Å². The van der Waals surface area contributed by atoms with E-state index in [9.17, 15) is 14.7 Å². The molecule has 0 atom stereocenters. The van der Waals surface area contributed by atoms with Crippen molar-refractivity contribution in [2.24, 2.45) is 0 Å². The van der Waals surface area contributed by atoms with Crippen LogP contribution < -0.4 is 4.90 Å². The van der Waals surface area contributed by atoms with Crippen LogP contribution in [0.5, 0.6) is 0 Å². The van der Waals surface area contributed by atoms with Crippen molar-refractivity contribution in [2.75, 3.05) is 31.1 Å². The van der Waals surface area contributed by atoms with Crippen LogP contribution in [-0.4, -0.2) is 57.6 Å². The number of aliphatic hydroxyl groups excluding tert-OH is 1. The number of nitrogens with zero attached hydrogens (tertiary/aromatic N) is 4. The lowest BCUT2D eigenvalue weighted by atomic mass is 9.67. The summed E-state index contributed by atoms with van der Waals surface area (Å²) in [5, 5.41) is 14.8. The van der Waals surface area contributed by atoms with Gasteiger partial charge in [0.1, 0.15) is 0 Å². The Labute approximate surface area is 155 Å². The number of fused-ring (bicyclic) bond motifs is 2. The largest absolute Gasteiger partial charge is 0.395 e. The summed E-state index contributed by atoms with van der Waals surface area (Å²) in [4.78, 5) is 28.7. The molecule has 8 heteroatoms. The average Bonchev–Trinajstić information content (AvgIpc) is 3.20. The van der Waals surface area contributed by atoms with Crippen LogP contribution in [0.3, 0.4) is 0 Å². The Kier molecular flexibility index (Phi) is 4.46. The molecule has 3 heterocycles. The van der Waals surface area contributed by atoms with Crippen molar-refractivity contribution in [3.05, 3.63) is 40.9 Å². The van der Waals surface area contributed by atoms with Crippen molar-refractivity contribution in [1.82, 2.24) is 14.5 Å². The van der Waals surface area contributed by atoms with E-state index >= 15 is 0 Å². The number of β-amino-alcohol motifs (C(OH)–C–C–N with tert-alkyl or cyclic N) is 1. The third kappa shape index (κ3) is 2.79. The van der Waals surface area contributed by atoms with Crippen molar-refractivity contribution < 1.29 is 14.7 Å². The number of benzene rings is 1. The fraction of sp³-hybridized carbons (Fsp3) is 0.444. The van der Waals surface area contributed by atoms with Gasteiger partial charge in [0.25, 0.3) is 5.91 Å². The summed E-state index contributed by atoms with van der Waals surface area (Å²) in [6.07, 6.45) is 1.91. The topological polar surface area (TPSA) is 86.6 Å². The molecule has 2 amide bonds. The molecule has 0 radical (unpaired) electrons. The van der Waals surface area contributed by atoms with E-state index in [1.807, 2.05) is 18.2 Å². The lowest BCUT2D eigenvalue weighted by molar-refractivity contribution is -0.121. The molecule has 0 unspecified atom stereocenters. The van der Waals surface area contributed by atoms with Gasteiger partial charge in [0.2, 0.25) is 5.91 Å². The normalized spacial score (nSPS) is 18.9. The second kappa shape index (κ2) is 6.77. The van der Waals surface area contributed by atoms with Gasteiger partial charge in [-0.3, -0.25) is 9.59 Å². The molecule has 1 spiro atoms. The molecule has 1 N–H and O–H groups in total. The van der Waals surface area contributed by atoms with Crippen molar-refractivity contribution in [2.45, 2.75) is 24.7 Å². The Hall–Kier alpha value is -2.32. The maximum atomic E-state index is 12.7. The van der Waals surface area contributed by atoms with Crippen molar-refractivity contribution in [3.8, 4) is 0 Å². The number of rotatable bonds is 3. The molecule has 1 aromatic carbocycles. The number of anilines is 1. The van der Waals surface area contributed by atoms with Crippen LogP contribution in [0, 0.1) is 0 Å².